The molecule has 1 saturated heterocycles. The number of benzene rings is 2. The number of sulfonamides is 1. The lowest BCUT2D eigenvalue weighted by atomic mass is 10.1. The minimum Gasteiger partial charge on any atom is -0.296 e. The summed E-state index contributed by atoms with van der Waals surface area (Å²) in [5.41, 5.74) is -0.0117. The molecule has 0 amide bonds. The molecule has 4 rings (SSSR count). The van der Waals surface area contributed by atoms with Gasteiger partial charge >= 0.3 is 0 Å². The van der Waals surface area contributed by atoms with Crippen molar-refractivity contribution in [3.05, 3.63) is 70.5 Å². The molecule has 2 aromatic carbocycles. The number of halogens is 3. The fourth-order valence-electron chi connectivity index (χ4n) is 3.52. The van der Waals surface area contributed by atoms with Gasteiger partial charge in [-0.15, -0.1) is 0 Å². The van der Waals surface area contributed by atoms with Crippen molar-refractivity contribution in [3.63, 3.8) is 0 Å². The van der Waals surface area contributed by atoms with Crippen LogP contribution >= 0.6 is 0 Å². The predicted octanol–water partition coefficient (Wildman–Crippen LogP) is 2.84. The third-order valence-corrected chi connectivity index (χ3v) is 6.99. The average Bonchev–Trinajstić information content (AvgIpc) is 2.71. The molecule has 152 valence electrons. The molecule has 6 nitrogen and oxygen atoms in total. The van der Waals surface area contributed by atoms with Crippen LogP contribution in [0, 0.1) is 17.5 Å². The van der Waals surface area contributed by atoms with Gasteiger partial charge in [-0.2, -0.15) is 4.31 Å². The molecule has 0 bridgehead atoms. The molecule has 0 atom stereocenters. The van der Waals surface area contributed by atoms with Crippen molar-refractivity contribution in [1.29, 1.82) is 0 Å². The van der Waals surface area contributed by atoms with E-state index in [4.69, 9.17) is 0 Å². The molecular formula is C19H16F3N3O3S. The first-order chi connectivity index (χ1) is 13.8. The number of rotatable bonds is 3. The minimum atomic E-state index is -3.98. The monoisotopic (exact) mass is 423 g/mol. The fraction of sp³-hybridized carbons (Fsp3) is 0.263. The van der Waals surface area contributed by atoms with Crippen LogP contribution in [0.3, 0.4) is 0 Å². The van der Waals surface area contributed by atoms with Crippen molar-refractivity contribution in [2.24, 2.45) is 0 Å². The van der Waals surface area contributed by atoms with E-state index < -0.39 is 33.0 Å². The van der Waals surface area contributed by atoms with Crippen molar-refractivity contribution in [1.82, 2.24) is 13.9 Å². The standard InChI is InChI=1S/C19H16F3N3O3S/c20-12-1-4-18-15(9-12)19(26)25(11-23-18)13-5-7-24(8-6-13)29(27,28)14-2-3-16(21)17(22)10-14/h1-4,9-11,13H,5-8H2. The summed E-state index contributed by atoms with van der Waals surface area (Å²) in [5, 5.41) is 0.157. The van der Waals surface area contributed by atoms with Crippen molar-refractivity contribution in [3.8, 4) is 0 Å². The molecule has 10 heteroatoms. The zero-order valence-corrected chi connectivity index (χ0v) is 15.9. The molecule has 0 N–H and O–H groups in total. The Kier molecular flexibility index (Phi) is 4.91. The SMILES string of the molecule is O=c1c2cc(F)ccc2ncn1C1CCN(S(=O)(=O)c2ccc(F)c(F)c2)CC1. The molecule has 0 spiro atoms. The van der Waals surface area contributed by atoms with Gasteiger partial charge in [0.05, 0.1) is 22.1 Å². The van der Waals surface area contributed by atoms with Gasteiger partial charge in [-0.25, -0.2) is 26.6 Å². The van der Waals surface area contributed by atoms with Gasteiger partial charge in [-0.1, -0.05) is 0 Å². The second-order valence-electron chi connectivity index (χ2n) is 6.83. The van der Waals surface area contributed by atoms with Gasteiger partial charge < -0.3 is 0 Å². The number of hydrogen-bond donors (Lipinski definition) is 0. The molecule has 2 heterocycles. The third kappa shape index (κ3) is 3.53. The van der Waals surface area contributed by atoms with Crippen LogP contribution < -0.4 is 5.56 Å². The van der Waals surface area contributed by atoms with Crippen molar-refractivity contribution in [2.75, 3.05) is 13.1 Å². The molecule has 1 aliphatic heterocycles. The van der Waals surface area contributed by atoms with E-state index in [1.54, 1.807) is 0 Å². The van der Waals surface area contributed by atoms with Crippen LogP contribution in [0.25, 0.3) is 10.9 Å². The zero-order chi connectivity index (χ0) is 20.8. The second-order valence-corrected chi connectivity index (χ2v) is 8.77. The molecule has 0 saturated carbocycles. The van der Waals surface area contributed by atoms with E-state index in [1.165, 1.54) is 27.3 Å². The molecule has 1 aromatic heterocycles. The summed E-state index contributed by atoms with van der Waals surface area (Å²) >= 11 is 0. The molecular weight excluding hydrogens is 407 g/mol. The summed E-state index contributed by atoms with van der Waals surface area (Å²) in [6.45, 7) is 0.194. The van der Waals surface area contributed by atoms with Crippen LogP contribution in [0.1, 0.15) is 18.9 Å². The van der Waals surface area contributed by atoms with Crippen molar-refractivity contribution >= 4 is 20.9 Å². The lowest BCUT2D eigenvalue weighted by molar-refractivity contribution is 0.269. The van der Waals surface area contributed by atoms with Gasteiger partial charge in [0.25, 0.3) is 5.56 Å². The van der Waals surface area contributed by atoms with Crippen LogP contribution in [-0.4, -0.2) is 35.4 Å². The molecule has 0 unspecified atom stereocenters. The predicted molar refractivity (Wildman–Crippen MR) is 99.3 cm³/mol. The van der Waals surface area contributed by atoms with Crippen LogP contribution in [0.5, 0.6) is 0 Å². The summed E-state index contributed by atoms with van der Waals surface area (Å²) < 4.78 is 68.0. The summed E-state index contributed by atoms with van der Waals surface area (Å²) in [5.74, 6) is -2.90. The Bertz CT molecular complexity index is 1250. The van der Waals surface area contributed by atoms with E-state index in [1.807, 2.05) is 0 Å². The maximum Gasteiger partial charge on any atom is 0.261 e. The van der Waals surface area contributed by atoms with Gasteiger partial charge in [0.1, 0.15) is 5.82 Å². The number of hydrogen-bond acceptors (Lipinski definition) is 4. The second kappa shape index (κ2) is 7.27. The van der Waals surface area contributed by atoms with Crippen LogP contribution in [0.4, 0.5) is 13.2 Å². The first-order valence-electron chi connectivity index (χ1n) is 8.89. The van der Waals surface area contributed by atoms with Crippen molar-refractivity contribution < 1.29 is 21.6 Å². The molecule has 29 heavy (non-hydrogen) atoms. The third-order valence-electron chi connectivity index (χ3n) is 5.09. The van der Waals surface area contributed by atoms with E-state index in [2.05, 4.69) is 4.98 Å². The number of piperidine rings is 1. The molecule has 0 aliphatic carbocycles. The maximum absolute atomic E-state index is 13.5. The van der Waals surface area contributed by atoms with E-state index >= 15 is 0 Å². The summed E-state index contributed by atoms with van der Waals surface area (Å²) in [4.78, 5) is 16.6. The molecule has 1 fully saturated rings. The van der Waals surface area contributed by atoms with Gasteiger partial charge in [0.15, 0.2) is 11.6 Å². The normalized spacial score (nSPS) is 16.4. The highest BCUT2D eigenvalue weighted by Gasteiger charge is 2.31. The zero-order valence-electron chi connectivity index (χ0n) is 15.1. The summed E-state index contributed by atoms with van der Waals surface area (Å²) in [6.07, 6.45) is 2.03. The lowest BCUT2D eigenvalue weighted by Crippen LogP contribution is -2.40. The van der Waals surface area contributed by atoms with E-state index in [-0.39, 0.29) is 29.4 Å². The van der Waals surface area contributed by atoms with Crippen LogP contribution in [-0.2, 0) is 10.0 Å². The highest BCUT2D eigenvalue weighted by atomic mass is 32.2. The van der Waals surface area contributed by atoms with Gasteiger partial charge in [-0.05, 0) is 49.2 Å². The molecule has 1 aliphatic rings. The largest absolute Gasteiger partial charge is 0.296 e. The Labute approximate surface area is 164 Å². The van der Waals surface area contributed by atoms with Crippen LogP contribution in [0.15, 0.2) is 52.4 Å². The van der Waals surface area contributed by atoms with Gasteiger partial charge in [-0.3, -0.25) is 9.36 Å². The Hall–Kier alpha value is -2.72. The Balaban J connectivity index is 1.56. The van der Waals surface area contributed by atoms with E-state index in [0.717, 1.165) is 18.2 Å². The van der Waals surface area contributed by atoms with Crippen LogP contribution in [0.2, 0.25) is 0 Å². The molecule has 3 aromatic rings. The number of aromatic nitrogens is 2. The molecule has 0 radical (unpaired) electrons. The Morgan fingerprint density at radius 3 is 2.38 bits per heavy atom. The topological polar surface area (TPSA) is 72.3 Å². The Morgan fingerprint density at radius 2 is 1.69 bits per heavy atom. The van der Waals surface area contributed by atoms with Gasteiger partial charge in [0.2, 0.25) is 10.0 Å². The van der Waals surface area contributed by atoms with E-state index in [0.29, 0.717) is 24.4 Å². The highest BCUT2D eigenvalue weighted by Crippen LogP contribution is 2.27. The smallest absolute Gasteiger partial charge is 0.261 e. The highest BCUT2D eigenvalue weighted by molar-refractivity contribution is 7.89. The average molecular weight is 423 g/mol. The quantitative estimate of drug-likeness (QED) is 0.650. The first-order valence-corrected chi connectivity index (χ1v) is 10.3. The summed E-state index contributed by atoms with van der Waals surface area (Å²) in [7, 11) is -3.98. The van der Waals surface area contributed by atoms with E-state index in [9.17, 15) is 26.4 Å². The summed E-state index contributed by atoms with van der Waals surface area (Å²) in [6, 6.07) is 5.92. The fourth-order valence-corrected chi connectivity index (χ4v) is 5.00. The minimum absolute atomic E-state index is 0.0968. The maximum atomic E-state index is 13.5. The Morgan fingerprint density at radius 1 is 0.966 bits per heavy atom. The van der Waals surface area contributed by atoms with Gasteiger partial charge in [0, 0.05) is 19.1 Å². The first kappa shape index (κ1) is 19.6. The lowest BCUT2D eigenvalue weighted by Gasteiger charge is -2.32. The number of fused-ring (bicyclic) bond motifs is 1. The number of nitrogens with zero attached hydrogens (tertiary/aromatic N) is 3. The van der Waals surface area contributed by atoms with Crippen molar-refractivity contribution in [2.45, 2.75) is 23.8 Å².